The van der Waals surface area contributed by atoms with E-state index in [9.17, 15) is 13.5 Å². The van der Waals surface area contributed by atoms with Crippen LogP contribution >= 0.6 is 0 Å². The lowest BCUT2D eigenvalue weighted by Crippen LogP contribution is -2.30. The summed E-state index contributed by atoms with van der Waals surface area (Å²) in [6, 6.07) is 16.5. The molecule has 1 aliphatic heterocycles. The molecule has 252 valence electrons. The van der Waals surface area contributed by atoms with Crippen LogP contribution in [0.3, 0.4) is 0 Å². The van der Waals surface area contributed by atoms with Crippen molar-refractivity contribution in [3.8, 4) is 11.5 Å². The van der Waals surface area contributed by atoms with Gasteiger partial charge in [-0.1, -0.05) is 31.6 Å². The zero-order chi connectivity index (χ0) is 34.4. The van der Waals surface area contributed by atoms with Crippen LogP contribution in [0.2, 0.25) is 0 Å². The lowest BCUT2D eigenvalue weighted by Gasteiger charge is -2.20. The number of ether oxygens (including phenoxy) is 1. The molecule has 1 aliphatic rings. The number of nitrogen functional groups attached to an aromatic ring is 2. The van der Waals surface area contributed by atoms with Crippen LogP contribution in [0.4, 0.5) is 34.1 Å². The lowest BCUT2D eigenvalue weighted by molar-refractivity contribution is 0.306. The quantitative estimate of drug-likeness (QED) is 0.0626. The molecule has 1 unspecified atom stereocenters. The summed E-state index contributed by atoms with van der Waals surface area (Å²) in [5, 5.41) is 29.2. The minimum Gasteiger partial charge on any atom is -0.505 e. The van der Waals surface area contributed by atoms with Crippen molar-refractivity contribution in [3.05, 3.63) is 72.3 Å². The Balaban J connectivity index is 1.27. The molecule has 0 aromatic heterocycles. The maximum absolute atomic E-state index is 13.1. The van der Waals surface area contributed by atoms with Crippen molar-refractivity contribution < 1.29 is 18.3 Å². The fraction of sp³-hybridized carbons (Fsp3) is 0.314. The van der Waals surface area contributed by atoms with E-state index in [1.807, 2.05) is 6.07 Å². The molecule has 4 aromatic rings. The van der Waals surface area contributed by atoms with Crippen molar-refractivity contribution in [3.63, 3.8) is 0 Å². The van der Waals surface area contributed by atoms with Gasteiger partial charge in [0.15, 0.2) is 26.2 Å². The third-order valence-electron chi connectivity index (χ3n) is 8.67. The number of phenols is 1. The molecule has 5 rings (SSSR count). The third kappa shape index (κ3) is 7.97. The maximum atomic E-state index is 13.1. The molecule has 0 radical (unpaired) electrons. The van der Waals surface area contributed by atoms with E-state index in [0.717, 1.165) is 37.7 Å². The Kier molecular flexibility index (Phi) is 11.0. The number of methoxy groups -OCH3 is 1. The van der Waals surface area contributed by atoms with Crippen LogP contribution in [-0.4, -0.2) is 50.9 Å². The smallest absolute Gasteiger partial charge is 0.182 e. The van der Waals surface area contributed by atoms with Gasteiger partial charge in [-0.2, -0.15) is 5.11 Å². The van der Waals surface area contributed by atoms with Crippen LogP contribution in [0.25, 0.3) is 10.8 Å². The SMILES string of the molecule is CCC1=CCN(CCS(=O)(=O)c2ccc(N=Nc3cc(OC)c(N=Nc4c([SH2+])cc5ccc(N)cc5c4O)cc3N)cc2)CCC1CC. The average Bonchev–Trinajstić information content (AvgIpc) is 3.29. The first kappa shape index (κ1) is 34.9. The summed E-state index contributed by atoms with van der Waals surface area (Å²) in [6.07, 6.45) is 5.49. The average molecular weight is 689 g/mol. The predicted molar refractivity (Wildman–Crippen MR) is 196 cm³/mol. The van der Waals surface area contributed by atoms with Gasteiger partial charge in [0.2, 0.25) is 0 Å². The number of rotatable bonds is 11. The number of sulfone groups is 1. The largest absolute Gasteiger partial charge is 0.505 e. The molecular formula is C35H42N7O4S2+. The van der Waals surface area contributed by atoms with Gasteiger partial charge >= 0.3 is 0 Å². The van der Waals surface area contributed by atoms with Gasteiger partial charge in [-0.25, -0.2) is 8.42 Å². The molecule has 0 bridgehead atoms. The molecule has 11 nitrogen and oxygen atoms in total. The highest BCUT2D eigenvalue weighted by Gasteiger charge is 2.21. The molecule has 5 N–H and O–H groups in total. The van der Waals surface area contributed by atoms with E-state index in [1.54, 1.807) is 54.6 Å². The number of aromatic hydroxyl groups is 1. The molecule has 0 aliphatic carbocycles. The zero-order valence-corrected chi connectivity index (χ0v) is 29.2. The number of anilines is 2. The zero-order valence-electron chi connectivity index (χ0n) is 27.3. The molecule has 13 heteroatoms. The van der Waals surface area contributed by atoms with Crippen LogP contribution in [-0.2, 0) is 22.5 Å². The molecule has 4 aromatic carbocycles. The molecule has 1 heterocycles. The van der Waals surface area contributed by atoms with Gasteiger partial charge in [-0.15, -0.1) is 15.3 Å². The summed E-state index contributed by atoms with van der Waals surface area (Å²) in [5.41, 5.74) is 15.8. The van der Waals surface area contributed by atoms with E-state index in [1.165, 1.54) is 12.7 Å². The first-order valence-electron chi connectivity index (χ1n) is 15.8. The topological polar surface area (TPSA) is 168 Å². The number of hydrogen-bond donors (Lipinski definition) is 3. The number of nitrogens with zero attached hydrogens (tertiary/aromatic N) is 5. The van der Waals surface area contributed by atoms with Crippen LogP contribution < -0.4 is 16.2 Å². The highest BCUT2D eigenvalue weighted by Crippen LogP contribution is 2.42. The molecule has 0 spiro atoms. The molecule has 0 saturated heterocycles. The van der Waals surface area contributed by atoms with Crippen molar-refractivity contribution >= 4 is 67.4 Å². The Morgan fingerprint density at radius 2 is 1.73 bits per heavy atom. The number of phenolic OH excluding ortho intramolecular Hbond substituents is 1. The Bertz CT molecular complexity index is 1990. The third-order valence-corrected chi connectivity index (χ3v) is 10.8. The minimum atomic E-state index is -3.47. The summed E-state index contributed by atoms with van der Waals surface area (Å²) in [7, 11) is -2.00. The van der Waals surface area contributed by atoms with Crippen LogP contribution in [0.15, 0.2) is 103 Å². The van der Waals surface area contributed by atoms with Crippen molar-refractivity contribution in [1.29, 1.82) is 0 Å². The van der Waals surface area contributed by atoms with Crippen molar-refractivity contribution in [2.45, 2.75) is 42.9 Å². The van der Waals surface area contributed by atoms with Gasteiger partial charge in [0.05, 0.1) is 29.1 Å². The molecule has 1 atom stereocenters. The first-order chi connectivity index (χ1) is 23.0. The maximum Gasteiger partial charge on any atom is 0.182 e. The number of fused-ring (bicyclic) bond motifs is 1. The van der Waals surface area contributed by atoms with Crippen molar-refractivity contribution in [1.82, 2.24) is 4.90 Å². The van der Waals surface area contributed by atoms with E-state index in [0.29, 0.717) is 51.2 Å². The summed E-state index contributed by atoms with van der Waals surface area (Å²) in [5.74, 6) is 0.888. The number of allylic oxidation sites excluding steroid dienone is 1. The van der Waals surface area contributed by atoms with E-state index in [-0.39, 0.29) is 27.8 Å². The van der Waals surface area contributed by atoms with Gasteiger partial charge < -0.3 is 21.3 Å². The summed E-state index contributed by atoms with van der Waals surface area (Å²) >= 11 is 3.51. The molecule has 48 heavy (non-hydrogen) atoms. The van der Waals surface area contributed by atoms with E-state index in [2.05, 4.69) is 57.9 Å². The predicted octanol–water partition coefficient (Wildman–Crippen LogP) is 7.76. The van der Waals surface area contributed by atoms with Gasteiger partial charge in [-0.3, -0.25) is 4.90 Å². The van der Waals surface area contributed by atoms with Crippen molar-refractivity contribution in [2.24, 2.45) is 26.4 Å². The Morgan fingerprint density at radius 1 is 0.979 bits per heavy atom. The number of azo groups is 2. The number of hydrogen-bond acceptors (Lipinski definition) is 11. The Morgan fingerprint density at radius 3 is 2.44 bits per heavy atom. The minimum absolute atomic E-state index is 0.0476. The fourth-order valence-corrected chi connectivity index (χ4v) is 7.43. The lowest BCUT2D eigenvalue weighted by atomic mass is 9.92. The first-order valence-corrected chi connectivity index (χ1v) is 18.0. The van der Waals surface area contributed by atoms with Gasteiger partial charge in [0, 0.05) is 36.3 Å². The van der Waals surface area contributed by atoms with E-state index >= 15 is 0 Å². The number of benzene rings is 4. The van der Waals surface area contributed by atoms with Crippen LogP contribution in [0, 0.1) is 5.92 Å². The highest BCUT2D eigenvalue weighted by atomic mass is 32.2. The highest BCUT2D eigenvalue weighted by molar-refractivity contribution is 7.91. The standard InChI is InChI=1S/C35H41N7O4S2/c1-4-22-12-14-42(15-13-23(22)5-2)16-17-48(44,45)27-10-8-26(9-11-27)38-39-30-21-32(46-3)31(20-29(30)37)40-41-34-33(47)18-24-6-7-25(36)19-28(24)35(34)43/h6-12,18-21,23,43,47H,4-5,13-17,36-37H2,1-3H3/p+1. The Labute approximate surface area is 286 Å². The van der Waals surface area contributed by atoms with E-state index in [4.69, 9.17) is 16.2 Å². The second kappa shape index (κ2) is 15.2. The van der Waals surface area contributed by atoms with Crippen LogP contribution in [0.1, 0.15) is 33.1 Å². The molecule has 0 fully saturated rings. The summed E-state index contributed by atoms with van der Waals surface area (Å²) in [4.78, 5) is 3.01. The van der Waals surface area contributed by atoms with Crippen LogP contribution in [0.5, 0.6) is 11.5 Å². The molecule has 0 saturated carbocycles. The van der Waals surface area contributed by atoms with Gasteiger partial charge in [0.1, 0.15) is 17.1 Å². The second-order valence-corrected chi connectivity index (χ2v) is 14.4. The second-order valence-electron chi connectivity index (χ2n) is 11.7. The summed E-state index contributed by atoms with van der Waals surface area (Å²) in [6.45, 7) is 6.57. The Hall–Kier alpha value is -4.46. The fourth-order valence-electron chi connectivity index (χ4n) is 5.82. The molecular weight excluding hydrogens is 647 g/mol. The number of nitrogens with two attached hydrogens (primary N) is 2. The normalized spacial score (nSPS) is 16.1. The monoisotopic (exact) mass is 688 g/mol. The van der Waals surface area contributed by atoms with Crippen molar-refractivity contribution in [2.75, 3.05) is 44.0 Å². The van der Waals surface area contributed by atoms with E-state index < -0.39 is 9.84 Å². The molecule has 0 amide bonds. The van der Waals surface area contributed by atoms with Gasteiger partial charge in [-0.05, 0) is 92.2 Å². The van der Waals surface area contributed by atoms with Gasteiger partial charge in [0.25, 0.3) is 0 Å². The summed E-state index contributed by atoms with van der Waals surface area (Å²) < 4.78 is 31.8.